The van der Waals surface area contributed by atoms with Crippen LogP contribution in [0, 0.1) is 5.92 Å². The second kappa shape index (κ2) is 10.8. The van der Waals surface area contributed by atoms with E-state index in [1.54, 1.807) is 12.1 Å². The summed E-state index contributed by atoms with van der Waals surface area (Å²) in [4.78, 5) is 0. The molecule has 1 aromatic carbocycles. The average molecular weight is 370 g/mol. The lowest BCUT2D eigenvalue weighted by Gasteiger charge is -2.29. The Balaban J connectivity index is 1.63. The highest BCUT2D eigenvalue weighted by Gasteiger charge is 2.31. The number of benzene rings is 1. The van der Waals surface area contributed by atoms with Crippen molar-refractivity contribution >= 4 is 0 Å². The molecule has 148 valence electrons. The molecule has 1 aromatic rings. The van der Waals surface area contributed by atoms with Crippen molar-refractivity contribution in [2.75, 3.05) is 0 Å². The molecule has 0 amide bonds. The molecule has 1 saturated carbocycles. The van der Waals surface area contributed by atoms with E-state index in [1.807, 2.05) is 0 Å². The van der Waals surface area contributed by atoms with Crippen molar-refractivity contribution in [3.05, 3.63) is 29.8 Å². The second-order valence-electron chi connectivity index (χ2n) is 7.74. The molecular weight excluding hydrogens is 337 g/mol. The number of alkyl halides is 3. The van der Waals surface area contributed by atoms with Gasteiger partial charge < -0.3 is 4.74 Å². The highest BCUT2D eigenvalue weighted by atomic mass is 19.4. The summed E-state index contributed by atoms with van der Waals surface area (Å²) in [5, 5.41) is 0. The number of hydrogen-bond donors (Lipinski definition) is 0. The zero-order chi connectivity index (χ0) is 18.8. The van der Waals surface area contributed by atoms with Gasteiger partial charge in [-0.3, -0.25) is 0 Å². The van der Waals surface area contributed by atoms with E-state index in [1.165, 1.54) is 76.3 Å². The van der Waals surface area contributed by atoms with E-state index in [0.717, 1.165) is 24.3 Å². The van der Waals surface area contributed by atoms with Crippen molar-refractivity contribution in [3.63, 3.8) is 0 Å². The molecule has 4 heteroatoms. The SMILES string of the molecule is CCCCCCCCC[C@H]1CC[C@H](c2ccc(OC(F)(F)F)cc2)CC1. The van der Waals surface area contributed by atoms with Crippen LogP contribution in [-0.4, -0.2) is 6.36 Å². The fourth-order valence-electron chi connectivity index (χ4n) is 4.12. The van der Waals surface area contributed by atoms with Crippen LogP contribution in [0.2, 0.25) is 0 Å². The summed E-state index contributed by atoms with van der Waals surface area (Å²) in [6, 6.07) is 6.46. The zero-order valence-electron chi connectivity index (χ0n) is 16.0. The first-order chi connectivity index (χ1) is 12.5. The monoisotopic (exact) mass is 370 g/mol. The van der Waals surface area contributed by atoms with Crippen molar-refractivity contribution < 1.29 is 17.9 Å². The average Bonchev–Trinajstić information content (AvgIpc) is 2.61. The zero-order valence-corrected chi connectivity index (χ0v) is 16.0. The van der Waals surface area contributed by atoms with E-state index in [-0.39, 0.29) is 5.75 Å². The first kappa shape index (κ1) is 21.1. The fourth-order valence-corrected chi connectivity index (χ4v) is 4.12. The molecule has 1 nitrogen and oxygen atoms in total. The molecule has 0 saturated heterocycles. The van der Waals surface area contributed by atoms with Gasteiger partial charge in [0, 0.05) is 0 Å². The van der Waals surface area contributed by atoms with Crippen LogP contribution in [-0.2, 0) is 0 Å². The molecule has 0 N–H and O–H groups in total. The summed E-state index contributed by atoms with van der Waals surface area (Å²) in [5.41, 5.74) is 1.15. The predicted octanol–water partition coefficient (Wildman–Crippen LogP) is 8.00. The molecule has 0 spiro atoms. The van der Waals surface area contributed by atoms with Crippen LogP contribution in [0.15, 0.2) is 24.3 Å². The van der Waals surface area contributed by atoms with Crippen LogP contribution in [0.5, 0.6) is 5.75 Å². The summed E-state index contributed by atoms with van der Waals surface area (Å²) in [7, 11) is 0. The summed E-state index contributed by atoms with van der Waals surface area (Å²) in [6.45, 7) is 2.25. The Labute approximate surface area is 156 Å². The van der Waals surface area contributed by atoms with Crippen LogP contribution in [0.4, 0.5) is 13.2 Å². The summed E-state index contributed by atoms with van der Waals surface area (Å²) >= 11 is 0. The molecule has 0 unspecified atom stereocenters. The largest absolute Gasteiger partial charge is 0.573 e. The molecule has 26 heavy (non-hydrogen) atoms. The summed E-state index contributed by atoms with van der Waals surface area (Å²) in [5.74, 6) is 1.20. The molecule has 1 aliphatic carbocycles. The Morgan fingerprint density at radius 1 is 0.846 bits per heavy atom. The number of ether oxygens (including phenoxy) is 1. The maximum absolute atomic E-state index is 12.2. The van der Waals surface area contributed by atoms with Gasteiger partial charge in [0.2, 0.25) is 0 Å². The topological polar surface area (TPSA) is 9.23 Å². The minimum atomic E-state index is -4.62. The van der Waals surface area contributed by atoms with Gasteiger partial charge in [-0.15, -0.1) is 13.2 Å². The van der Waals surface area contributed by atoms with Gasteiger partial charge in [0.05, 0.1) is 0 Å². The van der Waals surface area contributed by atoms with Gasteiger partial charge in [-0.05, 0) is 55.2 Å². The highest BCUT2D eigenvalue weighted by Crippen LogP contribution is 2.38. The van der Waals surface area contributed by atoms with Gasteiger partial charge >= 0.3 is 6.36 Å². The van der Waals surface area contributed by atoms with Crippen molar-refractivity contribution in [1.29, 1.82) is 0 Å². The van der Waals surface area contributed by atoms with E-state index < -0.39 is 6.36 Å². The Morgan fingerprint density at radius 2 is 1.42 bits per heavy atom. The Morgan fingerprint density at radius 3 is 2.00 bits per heavy atom. The van der Waals surface area contributed by atoms with Crippen molar-refractivity contribution in [2.24, 2.45) is 5.92 Å². The molecule has 0 aliphatic heterocycles. The standard InChI is InChI=1S/C22H33F3O/c1-2-3-4-5-6-7-8-9-18-10-12-19(13-11-18)20-14-16-21(17-15-20)26-22(23,24)25/h14-19H,2-13H2,1H3/t18-,19-. The highest BCUT2D eigenvalue weighted by molar-refractivity contribution is 5.29. The van der Waals surface area contributed by atoms with Gasteiger partial charge in [-0.1, -0.05) is 70.4 Å². The number of halogens is 3. The predicted molar refractivity (Wildman–Crippen MR) is 100 cm³/mol. The lowest BCUT2D eigenvalue weighted by Crippen LogP contribution is -2.17. The normalized spacial score (nSPS) is 20.9. The maximum atomic E-state index is 12.2. The maximum Gasteiger partial charge on any atom is 0.573 e. The first-order valence-corrected chi connectivity index (χ1v) is 10.3. The number of unbranched alkanes of at least 4 members (excludes halogenated alkanes) is 6. The molecule has 0 radical (unpaired) electrons. The number of rotatable bonds is 10. The minimum Gasteiger partial charge on any atom is -0.406 e. The second-order valence-corrected chi connectivity index (χ2v) is 7.74. The molecule has 2 rings (SSSR count). The van der Waals surface area contributed by atoms with E-state index in [4.69, 9.17) is 0 Å². The van der Waals surface area contributed by atoms with Crippen LogP contribution in [0.3, 0.4) is 0 Å². The third-order valence-corrected chi connectivity index (χ3v) is 5.65. The molecule has 1 fully saturated rings. The van der Waals surface area contributed by atoms with Crippen LogP contribution >= 0.6 is 0 Å². The molecule has 0 heterocycles. The van der Waals surface area contributed by atoms with E-state index in [9.17, 15) is 13.2 Å². The van der Waals surface area contributed by atoms with Gasteiger partial charge in [-0.25, -0.2) is 0 Å². The quantitative estimate of drug-likeness (QED) is 0.379. The van der Waals surface area contributed by atoms with Crippen LogP contribution < -0.4 is 4.74 Å². The lowest BCUT2D eigenvalue weighted by molar-refractivity contribution is -0.274. The summed E-state index contributed by atoms with van der Waals surface area (Å²) in [6.07, 6.45) is 11.1. The van der Waals surface area contributed by atoms with Crippen molar-refractivity contribution in [3.8, 4) is 5.75 Å². The molecule has 0 atom stereocenters. The molecule has 0 aromatic heterocycles. The fraction of sp³-hybridized carbons (Fsp3) is 0.727. The van der Waals surface area contributed by atoms with Gasteiger partial charge in [0.15, 0.2) is 0 Å². The van der Waals surface area contributed by atoms with E-state index in [0.29, 0.717) is 5.92 Å². The van der Waals surface area contributed by atoms with Crippen LogP contribution in [0.1, 0.15) is 95.5 Å². The third-order valence-electron chi connectivity index (χ3n) is 5.65. The molecular formula is C22H33F3O. The van der Waals surface area contributed by atoms with Crippen molar-refractivity contribution in [2.45, 2.75) is 96.3 Å². The smallest absolute Gasteiger partial charge is 0.406 e. The van der Waals surface area contributed by atoms with Gasteiger partial charge in [0.25, 0.3) is 0 Å². The third kappa shape index (κ3) is 8.01. The Bertz CT molecular complexity index is 487. The van der Waals surface area contributed by atoms with Gasteiger partial charge in [0.1, 0.15) is 5.75 Å². The minimum absolute atomic E-state index is 0.131. The Hall–Kier alpha value is -1.19. The van der Waals surface area contributed by atoms with E-state index in [2.05, 4.69) is 11.7 Å². The van der Waals surface area contributed by atoms with E-state index >= 15 is 0 Å². The molecule has 1 aliphatic rings. The molecule has 0 bridgehead atoms. The first-order valence-electron chi connectivity index (χ1n) is 10.3. The van der Waals surface area contributed by atoms with Crippen LogP contribution in [0.25, 0.3) is 0 Å². The number of hydrogen-bond acceptors (Lipinski definition) is 1. The lowest BCUT2D eigenvalue weighted by atomic mass is 9.77. The van der Waals surface area contributed by atoms with Gasteiger partial charge in [-0.2, -0.15) is 0 Å². The van der Waals surface area contributed by atoms with Crippen molar-refractivity contribution in [1.82, 2.24) is 0 Å². The summed E-state index contributed by atoms with van der Waals surface area (Å²) < 4.78 is 40.6. The Kier molecular flexibility index (Phi) is 8.80.